The van der Waals surface area contributed by atoms with E-state index >= 15 is 0 Å². The van der Waals surface area contributed by atoms with Crippen LogP contribution in [0.4, 0.5) is 11.4 Å². The van der Waals surface area contributed by atoms with E-state index in [-0.39, 0.29) is 11.4 Å². The molecule has 1 heterocycles. The van der Waals surface area contributed by atoms with Crippen molar-refractivity contribution in [1.82, 2.24) is 0 Å². The van der Waals surface area contributed by atoms with E-state index in [9.17, 15) is 13.5 Å². The first-order chi connectivity index (χ1) is 9.38. The summed E-state index contributed by atoms with van der Waals surface area (Å²) < 4.78 is 23.0. The minimum absolute atomic E-state index is 0.0879. The summed E-state index contributed by atoms with van der Waals surface area (Å²) in [6.07, 6.45) is -0.730. The van der Waals surface area contributed by atoms with Crippen molar-refractivity contribution in [3.05, 3.63) is 40.6 Å². The lowest BCUT2D eigenvalue weighted by Crippen LogP contribution is -2.18. The standard InChI is InChI=1S/C12H15N3O3S2/c13-9-1-2-10(12(5-9)20(14,17)18)15-6-11(16)8-3-4-19-7-8/h1-5,7,11,15-16H,6,13H2,(H2,14,17,18). The summed E-state index contributed by atoms with van der Waals surface area (Å²) in [7, 11) is -3.88. The van der Waals surface area contributed by atoms with Gasteiger partial charge in [0.15, 0.2) is 0 Å². The Labute approximate surface area is 121 Å². The summed E-state index contributed by atoms with van der Waals surface area (Å²) in [5, 5.41) is 21.7. The molecule has 0 aliphatic rings. The van der Waals surface area contributed by atoms with Gasteiger partial charge in [0.2, 0.25) is 10.0 Å². The minimum Gasteiger partial charge on any atom is -0.399 e. The van der Waals surface area contributed by atoms with Crippen molar-refractivity contribution < 1.29 is 13.5 Å². The third-order valence-corrected chi connectivity index (χ3v) is 4.38. The molecule has 8 heteroatoms. The van der Waals surface area contributed by atoms with Crippen LogP contribution in [0.25, 0.3) is 0 Å². The number of sulfonamides is 1. The number of rotatable bonds is 5. The minimum atomic E-state index is -3.88. The maximum atomic E-state index is 11.5. The molecular weight excluding hydrogens is 298 g/mol. The maximum Gasteiger partial charge on any atom is 0.240 e. The first-order valence-corrected chi connectivity index (χ1v) is 8.23. The Morgan fingerprint density at radius 2 is 2.10 bits per heavy atom. The first-order valence-electron chi connectivity index (χ1n) is 5.74. The Balaban J connectivity index is 2.18. The third kappa shape index (κ3) is 3.48. The summed E-state index contributed by atoms with van der Waals surface area (Å²) >= 11 is 1.48. The fraction of sp³-hybridized carbons (Fsp3) is 0.167. The highest BCUT2D eigenvalue weighted by molar-refractivity contribution is 7.89. The lowest BCUT2D eigenvalue weighted by molar-refractivity contribution is 0.192. The molecule has 0 spiro atoms. The Kier molecular flexibility index (Phi) is 4.29. The second kappa shape index (κ2) is 5.80. The van der Waals surface area contributed by atoms with E-state index in [1.165, 1.54) is 23.5 Å². The molecule has 0 aliphatic heterocycles. The molecule has 0 fully saturated rings. The van der Waals surface area contributed by atoms with Crippen molar-refractivity contribution in [2.75, 3.05) is 17.6 Å². The molecule has 1 atom stereocenters. The zero-order chi connectivity index (χ0) is 14.8. The van der Waals surface area contributed by atoms with E-state index in [4.69, 9.17) is 10.9 Å². The maximum absolute atomic E-state index is 11.5. The molecule has 108 valence electrons. The van der Waals surface area contributed by atoms with E-state index in [2.05, 4.69) is 5.32 Å². The van der Waals surface area contributed by atoms with Crippen LogP contribution in [-0.2, 0) is 10.0 Å². The van der Waals surface area contributed by atoms with Gasteiger partial charge in [0.05, 0.1) is 11.8 Å². The van der Waals surface area contributed by atoms with E-state index < -0.39 is 16.1 Å². The third-order valence-electron chi connectivity index (χ3n) is 2.73. The van der Waals surface area contributed by atoms with Crippen molar-refractivity contribution >= 4 is 32.7 Å². The van der Waals surface area contributed by atoms with Crippen LogP contribution in [0.15, 0.2) is 39.9 Å². The number of thiophene rings is 1. The molecule has 0 amide bonds. The van der Waals surface area contributed by atoms with E-state index in [0.29, 0.717) is 11.4 Å². The van der Waals surface area contributed by atoms with Gasteiger partial charge in [0.1, 0.15) is 4.90 Å². The van der Waals surface area contributed by atoms with Crippen molar-refractivity contribution in [3.63, 3.8) is 0 Å². The second-order valence-electron chi connectivity index (χ2n) is 4.25. The van der Waals surface area contributed by atoms with Crippen LogP contribution in [-0.4, -0.2) is 20.1 Å². The van der Waals surface area contributed by atoms with Gasteiger partial charge < -0.3 is 16.2 Å². The van der Waals surface area contributed by atoms with Crippen LogP contribution in [0.2, 0.25) is 0 Å². The molecule has 0 aliphatic carbocycles. The average molecular weight is 313 g/mol. The molecule has 1 aromatic heterocycles. The van der Waals surface area contributed by atoms with E-state index in [0.717, 1.165) is 5.56 Å². The molecule has 0 radical (unpaired) electrons. The Hall–Kier alpha value is -1.61. The predicted octanol–water partition coefficient (Wildman–Crippen LogP) is 1.12. The lowest BCUT2D eigenvalue weighted by atomic mass is 10.2. The van der Waals surface area contributed by atoms with Crippen LogP contribution in [0.3, 0.4) is 0 Å². The Morgan fingerprint density at radius 1 is 1.35 bits per heavy atom. The van der Waals surface area contributed by atoms with Gasteiger partial charge in [-0.2, -0.15) is 11.3 Å². The second-order valence-corrected chi connectivity index (χ2v) is 6.56. The smallest absolute Gasteiger partial charge is 0.240 e. The van der Waals surface area contributed by atoms with E-state index in [1.807, 2.05) is 10.8 Å². The largest absolute Gasteiger partial charge is 0.399 e. The fourth-order valence-electron chi connectivity index (χ4n) is 1.71. The molecule has 0 bridgehead atoms. The highest BCUT2D eigenvalue weighted by Crippen LogP contribution is 2.24. The number of nitrogens with one attached hydrogen (secondary N) is 1. The molecule has 2 aromatic rings. The monoisotopic (exact) mass is 313 g/mol. The van der Waals surface area contributed by atoms with Gasteiger partial charge in [-0.15, -0.1) is 0 Å². The zero-order valence-corrected chi connectivity index (χ0v) is 12.1. The molecular formula is C12H15N3O3S2. The number of aliphatic hydroxyl groups is 1. The number of nitrogen functional groups attached to an aromatic ring is 1. The van der Waals surface area contributed by atoms with Crippen LogP contribution < -0.4 is 16.2 Å². The summed E-state index contributed by atoms with van der Waals surface area (Å²) in [6, 6.07) is 6.18. The molecule has 0 saturated carbocycles. The fourth-order valence-corrected chi connectivity index (χ4v) is 3.16. The number of benzene rings is 1. The van der Waals surface area contributed by atoms with Gasteiger partial charge >= 0.3 is 0 Å². The number of nitrogens with two attached hydrogens (primary N) is 2. The first kappa shape index (κ1) is 14.8. The zero-order valence-electron chi connectivity index (χ0n) is 10.5. The van der Waals surface area contributed by atoms with Crippen molar-refractivity contribution in [2.45, 2.75) is 11.0 Å². The number of hydrogen-bond acceptors (Lipinski definition) is 6. The molecule has 6 N–H and O–H groups in total. The van der Waals surface area contributed by atoms with Gasteiger partial charge in [-0.3, -0.25) is 0 Å². The predicted molar refractivity (Wildman–Crippen MR) is 80.0 cm³/mol. The van der Waals surface area contributed by atoms with Gasteiger partial charge in [-0.1, -0.05) is 0 Å². The quantitative estimate of drug-likeness (QED) is 0.617. The SMILES string of the molecule is Nc1ccc(NCC(O)c2ccsc2)c(S(N)(=O)=O)c1. The molecule has 1 aromatic carbocycles. The topological polar surface area (TPSA) is 118 Å². The van der Waals surface area contributed by atoms with Crippen molar-refractivity contribution in [1.29, 1.82) is 0 Å². The summed E-state index contributed by atoms with van der Waals surface area (Å²) in [5.74, 6) is 0. The Morgan fingerprint density at radius 3 is 2.70 bits per heavy atom. The number of aliphatic hydroxyl groups excluding tert-OH is 1. The molecule has 6 nitrogen and oxygen atoms in total. The number of hydrogen-bond donors (Lipinski definition) is 4. The number of primary sulfonamides is 1. The molecule has 2 rings (SSSR count). The van der Waals surface area contributed by atoms with Gasteiger partial charge in [-0.05, 0) is 40.6 Å². The van der Waals surface area contributed by atoms with Crippen LogP contribution >= 0.6 is 11.3 Å². The summed E-state index contributed by atoms with van der Waals surface area (Å²) in [4.78, 5) is -0.0879. The van der Waals surface area contributed by atoms with Crippen LogP contribution in [0.1, 0.15) is 11.7 Å². The highest BCUT2D eigenvalue weighted by Gasteiger charge is 2.15. The van der Waals surface area contributed by atoms with E-state index in [1.54, 1.807) is 12.1 Å². The molecule has 0 saturated heterocycles. The van der Waals surface area contributed by atoms with Crippen LogP contribution in [0.5, 0.6) is 0 Å². The Bertz CT molecular complexity index is 684. The number of anilines is 2. The van der Waals surface area contributed by atoms with Crippen molar-refractivity contribution in [2.24, 2.45) is 5.14 Å². The lowest BCUT2D eigenvalue weighted by Gasteiger charge is -2.14. The summed E-state index contributed by atoms with van der Waals surface area (Å²) in [5.41, 5.74) is 6.95. The molecule has 1 unspecified atom stereocenters. The molecule has 20 heavy (non-hydrogen) atoms. The van der Waals surface area contributed by atoms with Gasteiger partial charge in [-0.25, -0.2) is 13.6 Å². The van der Waals surface area contributed by atoms with Gasteiger partial charge in [0.25, 0.3) is 0 Å². The van der Waals surface area contributed by atoms with Crippen LogP contribution in [0, 0.1) is 0 Å². The van der Waals surface area contributed by atoms with Gasteiger partial charge in [0, 0.05) is 12.2 Å². The normalized spacial score (nSPS) is 13.1. The average Bonchev–Trinajstić information content (AvgIpc) is 2.89. The van der Waals surface area contributed by atoms with Crippen molar-refractivity contribution in [3.8, 4) is 0 Å². The summed E-state index contributed by atoms with van der Waals surface area (Å²) in [6.45, 7) is 0.170. The highest BCUT2D eigenvalue weighted by atomic mass is 32.2.